The van der Waals surface area contributed by atoms with Crippen molar-refractivity contribution in [2.24, 2.45) is 0 Å². The lowest BCUT2D eigenvalue weighted by atomic mass is 10.0. The minimum absolute atomic E-state index is 0.0164. The molecule has 1 heterocycles. The van der Waals surface area contributed by atoms with E-state index in [4.69, 9.17) is 14.6 Å². The number of para-hydroxylation sites is 1. The smallest absolute Gasteiger partial charge is 0.261 e. The van der Waals surface area contributed by atoms with Gasteiger partial charge in [0.25, 0.3) is 5.91 Å². The van der Waals surface area contributed by atoms with Crippen LogP contribution in [0.3, 0.4) is 0 Å². The van der Waals surface area contributed by atoms with Crippen LogP contribution in [0.15, 0.2) is 60.3 Å². The first-order chi connectivity index (χ1) is 16.4. The molecule has 1 amide bonds. The molecule has 0 aliphatic carbocycles. The third-order valence-corrected chi connectivity index (χ3v) is 5.05. The number of nitrogens with one attached hydrogen (secondary N) is 1. The van der Waals surface area contributed by atoms with E-state index in [-0.39, 0.29) is 11.7 Å². The zero-order chi connectivity index (χ0) is 24.5. The molecule has 0 fully saturated rings. The Morgan fingerprint density at radius 2 is 2.00 bits per heavy atom. The number of rotatable bonds is 10. The first-order valence-electron chi connectivity index (χ1n) is 11.2. The number of hydrogen-bond donors (Lipinski definition) is 1. The van der Waals surface area contributed by atoms with Gasteiger partial charge in [-0.3, -0.25) is 4.79 Å². The normalized spacial score (nSPS) is 11.4. The molecule has 3 rings (SSSR count). The maximum atomic E-state index is 12.6. The van der Waals surface area contributed by atoms with Crippen molar-refractivity contribution in [1.29, 1.82) is 5.26 Å². The van der Waals surface area contributed by atoms with Crippen molar-refractivity contribution in [3.8, 4) is 28.8 Å². The fraction of sp³-hybridized carbons (Fsp3) is 0.296. The number of carbonyl (C=O) groups is 1. The van der Waals surface area contributed by atoms with Gasteiger partial charge in [-0.2, -0.15) is 10.4 Å². The molecular weight excluding hydrogens is 428 g/mol. The summed E-state index contributed by atoms with van der Waals surface area (Å²) in [7, 11) is 1.61. The molecule has 0 aliphatic heterocycles. The highest BCUT2D eigenvalue weighted by Gasteiger charge is 2.16. The largest absolute Gasteiger partial charge is 0.491 e. The highest BCUT2D eigenvalue weighted by Crippen LogP contribution is 2.30. The SMILES string of the molecule is COCCCNC(=O)C(C#N)=Cc1cn(-c2ccccc2)nc1-c1ccc(OC(C)C)c(C)c1. The number of methoxy groups -OCH3 is 1. The maximum absolute atomic E-state index is 12.6. The average molecular weight is 459 g/mol. The topological polar surface area (TPSA) is 89.2 Å². The van der Waals surface area contributed by atoms with Gasteiger partial charge in [0.2, 0.25) is 0 Å². The Hall–Kier alpha value is -3.89. The minimum Gasteiger partial charge on any atom is -0.491 e. The summed E-state index contributed by atoms with van der Waals surface area (Å²) in [5, 5.41) is 17.2. The average Bonchev–Trinajstić information content (AvgIpc) is 3.25. The second kappa shape index (κ2) is 11.8. The number of nitriles is 1. The van der Waals surface area contributed by atoms with Gasteiger partial charge < -0.3 is 14.8 Å². The Bertz CT molecular complexity index is 1190. The Kier molecular flexibility index (Phi) is 8.60. The maximum Gasteiger partial charge on any atom is 0.261 e. The summed E-state index contributed by atoms with van der Waals surface area (Å²) in [4.78, 5) is 12.6. The molecule has 0 spiro atoms. The van der Waals surface area contributed by atoms with Crippen molar-refractivity contribution in [2.75, 3.05) is 20.3 Å². The first-order valence-corrected chi connectivity index (χ1v) is 11.2. The Balaban J connectivity index is 2.01. The van der Waals surface area contributed by atoms with Gasteiger partial charge in [0.15, 0.2) is 0 Å². The van der Waals surface area contributed by atoms with E-state index >= 15 is 0 Å². The molecule has 3 aromatic rings. The number of aryl methyl sites for hydroxylation is 1. The lowest BCUT2D eigenvalue weighted by molar-refractivity contribution is -0.117. The van der Waals surface area contributed by atoms with Gasteiger partial charge >= 0.3 is 0 Å². The van der Waals surface area contributed by atoms with Crippen LogP contribution < -0.4 is 10.1 Å². The van der Waals surface area contributed by atoms with E-state index in [0.29, 0.717) is 30.8 Å². The molecule has 1 N–H and O–H groups in total. The fourth-order valence-electron chi connectivity index (χ4n) is 3.43. The zero-order valence-corrected chi connectivity index (χ0v) is 20.0. The number of benzene rings is 2. The molecule has 0 bridgehead atoms. The van der Waals surface area contributed by atoms with E-state index in [2.05, 4.69) is 5.32 Å². The van der Waals surface area contributed by atoms with Crippen LogP contribution >= 0.6 is 0 Å². The Labute approximate surface area is 200 Å². The summed E-state index contributed by atoms with van der Waals surface area (Å²) in [6.45, 7) is 6.93. The van der Waals surface area contributed by atoms with Crippen molar-refractivity contribution in [2.45, 2.75) is 33.3 Å². The highest BCUT2D eigenvalue weighted by atomic mass is 16.5. The molecule has 0 unspecified atom stereocenters. The molecule has 2 aromatic carbocycles. The fourth-order valence-corrected chi connectivity index (χ4v) is 3.43. The number of ether oxygens (including phenoxy) is 2. The van der Waals surface area contributed by atoms with Crippen molar-refractivity contribution >= 4 is 12.0 Å². The van der Waals surface area contributed by atoms with Crippen LogP contribution in [-0.2, 0) is 9.53 Å². The molecule has 7 heteroatoms. The first kappa shape index (κ1) is 24.7. The molecule has 1 aromatic heterocycles. The number of hydrogen-bond acceptors (Lipinski definition) is 5. The van der Waals surface area contributed by atoms with Crippen LogP contribution in [0.25, 0.3) is 23.0 Å². The molecule has 0 radical (unpaired) electrons. The monoisotopic (exact) mass is 458 g/mol. The van der Waals surface area contributed by atoms with Gasteiger partial charge in [-0.25, -0.2) is 4.68 Å². The lowest BCUT2D eigenvalue weighted by Crippen LogP contribution is -2.26. The van der Waals surface area contributed by atoms with Gasteiger partial charge in [-0.05, 0) is 69.2 Å². The van der Waals surface area contributed by atoms with Crippen LogP contribution in [0, 0.1) is 18.3 Å². The minimum atomic E-state index is -0.422. The van der Waals surface area contributed by atoms with Gasteiger partial charge in [0, 0.05) is 37.6 Å². The predicted molar refractivity (Wildman–Crippen MR) is 133 cm³/mol. The Morgan fingerprint density at radius 1 is 1.24 bits per heavy atom. The molecule has 7 nitrogen and oxygen atoms in total. The molecule has 0 atom stereocenters. The van der Waals surface area contributed by atoms with E-state index in [1.807, 2.05) is 81.6 Å². The van der Waals surface area contributed by atoms with Gasteiger partial charge in [-0.1, -0.05) is 18.2 Å². The molecular formula is C27H30N4O3. The molecule has 0 saturated heterocycles. The second-order valence-corrected chi connectivity index (χ2v) is 8.13. The molecule has 34 heavy (non-hydrogen) atoms. The summed E-state index contributed by atoms with van der Waals surface area (Å²) in [6.07, 6.45) is 4.15. The summed E-state index contributed by atoms with van der Waals surface area (Å²) in [6, 6.07) is 17.6. The van der Waals surface area contributed by atoms with Crippen LogP contribution in [0.1, 0.15) is 31.4 Å². The van der Waals surface area contributed by atoms with Crippen LogP contribution in [0.2, 0.25) is 0 Å². The van der Waals surface area contributed by atoms with Crippen molar-refractivity contribution in [3.63, 3.8) is 0 Å². The van der Waals surface area contributed by atoms with E-state index in [1.54, 1.807) is 17.9 Å². The van der Waals surface area contributed by atoms with Gasteiger partial charge in [0.1, 0.15) is 23.1 Å². The number of amides is 1. The lowest BCUT2D eigenvalue weighted by Gasteiger charge is -2.13. The van der Waals surface area contributed by atoms with Crippen molar-refractivity contribution in [1.82, 2.24) is 15.1 Å². The van der Waals surface area contributed by atoms with Crippen LogP contribution in [0.4, 0.5) is 0 Å². The van der Waals surface area contributed by atoms with E-state index < -0.39 is 5.91 Å². The summed E-state index contributed by atoms with van der Waals surface area (Å²) < 4.78 is 12.6. The third kappa shape index (κ3) is 6.33. The standard InChI is InChI=1S/C27H30N4O3/c1-19(2)34-25-12-11-21(15-20(25)3)26-23(18-31(30-26)24-9-6-5-7-10-24)16-22(17-28)27(32)29-13-8-14-33-4/h5-7,9-12,15-16,18-19H,8,13-14H2,1-4H3,(H,29,32). The summed E-state index contributed by atoms with van der Waals surface area (Å²) in [5.41, 5.74) is 4.08. The zero-order valence-electron chi connectivity index (χ0n) is 20.0. The van der Waals surface area contributed by atoms with Crippen LogP contribution in [-0.4, -0.2) is 42.1 Å². The molecule has 0 saturated carbocycles. The number of aromatic nitrogens is 2. The van der Waals surface area contributed by atoms with Gasteiger partial charge in [-0.15, -0.1) is 0 Å². The number of carbonyl (C=O) groups excluding carboxylic acids is 1. The molecule has 176 valence electrons. The van der Waals surface area contributed by atoms with E-state index in [9.17, 15) is 10.1 Å². The van der Waals surface area contributed by atoms with Crippen molar-refractivity contribution < 1.29 is 14.3 Å². The van der Waals surface area contributed by atoms with Crippen molar-refractivity contribution in [3.05, 3.63) is 71.4 Å². The highest BCUT2D eigenvalue weighted by molar-refractivity contribution is 6.02. The molecule has 0 aliphatic rings. The second-order valence-electron chi connectivity index (χ2n) is 8.13. The van der Waals surface area contributed by atoms with Gasteiger partial charge in [0.05, 0.1) is 11.8 Å². The summed E-state index contributed by atoms with van der Waals surface area (Å²) >= 11 is 0. The van der Waals surface area contributed by atoms with Crippen LogP contribution in [0.5, 0.6) is 5.75 Å². The van der Waals surface area contributed by atoms with E-state index in [0.717, 1.165) is 22.6 Å². The quantitative estimate of drug-likeness (QED) is 0.270. The van der Waals surface area contributed by atoms with E-state index in [1.165, 1.54) is 0 Å². The summed E-state index contributed by atoms with van der Waals surface area (Å²) in [5.74, 6) is 0.389. The third-order valence-electron chi connectivity index (χ3n) is 5.05. The number of nitrogens with zero attached hydrogens (tertiary/aromatic N) is 3. The predicted octanol–water partition coefficient (Wildman–Crippen LogP) is 4.69. The Morgan fingerprint density at radius 3 is 2.65 bits per heavy atom.